The van der Waals surface area contributed by atoms with Gasteiger partial charge in [0, 0.05) is 39.0 Å². The van der Waals surface area contributed by atoms with Crippen molar-refractivity contribution in [3.05, 3.63) is 0 Å². The molecule has 0 atom stereocenters. The SMILES string of the molecule is O.[GaH3].[InH3].[Zn].[Zn]. The van der Waals surface area contributed by atoms with Crippen molar-refractivity contribution in [3.8, 4) is 0 Å². The Morgan fingerprint density at radius 2 is 0.800 bits per heavy atom. The van der Waals surface area contributed by atoms with Crippen LogP contribution in [0.1, 0.15) is 0 Å². The molecule has 1 nitrogen and oxygen atoms in total. The van der Waals surface area contributed by atoms with Gasteiger partial charge in [0.05, 0.1) is 0 Å². The quantitative estimate of drug-likeness (QED) is 0.417. The van der Waals surface area contributed by atoms with Gasteiger partial charge in [0.1, 0.15) is 0 Å². The average molecular weight is 339 g/mol. The molecule has 0 rings (SSSR count). The zero-order valence-corrected chi connectivity index (χ0v) is 7.85. The average Bonchev–Trinajstić information content (AvgIpc) is 0. The molecule has 5 heteroatoms. The first-order chi connectivity index (χ1) is 0. The van der Waals surface area contributed by atoms with Gasteiger partial charge in [-0.3, -0.25) is 0 Å². The van der Waals surface area contributed by atoms with E-state index in [1.54, 1.807) is 0 Å². The van der Waals surface area contributed by atoms with Crippen LogP contribution in [0.25, 0.3) is 0 Å². The van der Waals surface area contributed by atoms with Gasteiger partial charge in [-0.05, 0) is 0 Å². The van der Waals surface area contributed by atoms with E-state index in [1.807, 2.05) is 0 Å². The van der Waals surface area contributed by atoms with E-state index < -0.39 is 0 Å². The first kappa shape index (κ1) is 47.2. The normalized spacial score (nSPS) is 0. The molecule has 0 saturated heterocycles. The van der Waals surface area contributed by atoms with E-state index in [0.29, 0.717) is 0 Å². The molecular formula is H8GaInOZn2. The largest absolute Gasteiger partial charge is 0 e. The smallest absolute Gasteiger partial charge is 0 e. The van der Waals surface area contributed by atoms with Crippen molar-refractivity contribution < 1.29 is 44.4 Å². The summed E-state index contributed by atoms with van der Waals surface area (Å²) >= 11 is 0. The summed E-state index contributed by atoms with van der Waals surface area (Å²) in [5.74, 6) is 0. The van der Waals surface area contributed by atoms with Crippen molar-refractivity contribution in [1.82, 2.24) is 0 Å². The van der Waals surface area contributed by atoms with Crippen LogP contribution in [0.5, 0.6) is 0 Å². The van der Waals surface area contributed by atoms with Crippen LogP contribution >= 0.6 is 0 Å². The van der Waals surface area contributed by atoms with Crippen LogP contribution in [0.3, 0.4) is 0 Å². The van der Waals surface area contributed by atoms with Gasteiger partial charge >= 0.3 is 45.6 Å². The molecule has 0 unspecified atom stereocenters. The van der Waals surface area contributed by atoms with Gasteiger partial charge in [0.25, 0.3) is 0 Å². The van der Waals surface area contributed by atoms with Crippen LogP contribution in [0, 0.1) is 0 Å². The molecule has 0 spiro atoms. The third kappa shape index (κ3) is 20.3. The molecule has 24 valence electrons. The van der Waals surface area contributed by atoms with Crippen LogP contribution < -0.4 is 0 Å². The van der Waals surface area contributed by atoms with Crippen LogP contribution in [0.2, 0.25) is 0 Å². The maximum absolute atomic E-state index is 0. The zero-order valence-electron chi connectivity index (χ0n) is 1.91. The Kier molecular flexibility index (Phi) is 281. The molecule has 0 aliphatic rings. The molecule has 0 aliphatic carbocycles. The van der Waals surface area contributed by atoms with Crippen molar-refractivity contribution in [2.45, 2.75) is 0 Å². The van der Waals surface area contributed by atoms with Crippen molar-refractivity contribution in [2.75, 3.05) is 0 Å². The van der Waals surface area contributed by atoms with Crippen molar-refractivity contribution >= 4 is 45.6 Å². The molecule has 0 aromatic heterocycles. The predicted octanol–water partition coefficient (Wildman–Crippen LogP) is -3.20. The van der Waals surface area contributed by atoms with Crippen LogP contribution in [-0.4, -0.2) is 51.1 Å². The molecule has 2 N–H and O–H groups in total. The second-order valence-corrected chi connectivity index (χ2v) is 0. The maximum atomic E-state index is 0. The van der Waals surface area contributed by atoms with E-state index in [4.69, 9.17) is 0 Å². The van der Waals surface area contributed by atoms with Crippen molar-refractivity contribution in [3.63, 3.8) is 0 Å². The Morgan fingerprint density at radius 1 is 0.800 bits per heavy atom. The Balaban J connectivity index is 0. The molecule has 0 radical (unpaired) electrons. The summed E-state index contributed by atoms with van der Waals surface area (Å²) in [7, 11) is 0. The third-order valence-corrected chi connectivity index (χ3v) is 0. The second-order valence-electron chi connectivity index (χ2n) is 0. The molecule has 0 bridgehead atoms. The van der Waals surface area contributed by atoms with Crippen LogP contribution in [0.15, 0.2) is 0 Å². The Bertz CT molecular complexity index is 9.61. The van der Waals surface area contributed by atoms with Gasteiger partial charge < -0.3 is 5.48 Å². The summed E-state index contributed by atoms with van der Waals surface area (Å²) in [5.41, 5.74) is 0. The molecule has 0 saturated carbocycles. The molecular weight excluding hydrogens is 331 g/mol. The van der Waals surface area contributed by atoms with E-state index in [-0.39, 0.29) is 90.1 Å². The van der Waals surface area contributed by atoms with E-state index >= 15 is 0 Å². The maximum Gasteiger partial charge on any atom is 0 e. The summed E-state index contributed by atoms with van der Waals surface area (Å²) in [6, 6.07) is 0. The zero-order chi connectivity index (χ0) is 0. The monoisotopic (exact) mass is 336 g/mol. The Labute approximate surface area is 88.7 Å². The fraction of sp³-hybridized carbons (Fsp3) is 0. The minimum Gasteiger partial charge on any atom is 0 e. The summed E-state index contributed by atoms with van der Waals surface area (Å²) in [6.45, 7) is 0. The first-order valence-electron chi connectivity index (χ1n) is 0. The van der Waals surface area contributed by atoms with Gasteiger partial charge in [-0.1, -0.05) is 0 Å². The number of hydrogen-bond donors (Lipinski definition) is 0. The standard InChI is InChI=1S/Ga.In.H2O.2Zn.6H/h;;1H2;;;;;;;;. The fourth-order valence-electron chi connectivity index (χ4n) is 0. The Hall–Kier alpha value is 2.71. The number of rotatable bonds is 0. The first-order valence-corrected chi connectivity index (χ1v) is 0. The van der Waals surface area contributed by atoms with Crippen LogP contribution in [-0.2, 0) is 39.0 Å². The van der Waals surface area contributed by atoms with Gasteiger partial charge in [0.15, 0.2) is 0 Å². The molecule has 5 heavy (non-hydrogen) atoms. The summed E-state index contributed by atoms with van der Waals surface area (Å²) in [6.07, 6.45) is 0. The molecule has 0 aliphatic heterocycles. The minimum atomic E-state index is 0. The molecule has 0 heterocycles. The predicted molar refractivity (Wildman–Crippen MR) is 23.5 cm³/mol. The summed E-state index contributed by atoms with van der Waals surface area (Å²) in [5, 5.41) is 0. The minimum absolute atomic E-state index is 0. The fourth-order valence-corrected chi connectivity index (χ4v) is 0. The summed E-state index contributed by atoms with van der Waals surface area (Å²) in [4.78, 5) is 0. The van der Waals surface area contributed by atoms with Gasteiger partial charge in [-0.15, -0.1) is 0 Å². The topological polar surface area (TPSA) is 31.5 Å². The molecule has 0 amide bonds. The van der Waals surface area contributed by atoms with E-state index in [9.17, 15) is 0 Å². The molecule has 0 aromatic rings. The molecule has 0 fully saturated rings. The second kappa shape index (κ2) is 29.8. The van der Waals surface area contributed by atoms with Crippen molar-refractivity contribution in [2.24, 2.45) is 0 Å². The van der Waals surface area contributed by atoms with E-state index in [2.05, 4.69) is 0 Å². The summed E-state index contributed by atoms with van der Waals surface area (Å²) < 4.78 is 0. The van der Waals surface area contributed by atoms with Gasteiger partial charge in [-0.25, -0.2) is 0 Å². The van der Waals surface area contributed by atoms with Gasteiger partial charge in [-0.2, -0.15) is 0 Å². The number of hydrogen-bond acceptors (Lipinski definition) is 0. The third-order valence-electron chi connectivity index (χ3n) is 0. The van der Waals surface area contributed by atoms with E-state index in [1.165, 1.54) is 0 Å². The van der Waals surface area contributed by atoms with Crippen LogP contribution in [0.4, 0.5) is 0 Å². The van der Waals surface area contributed by atoms with Gasteiger partial charge in [0.2, 0.25) is 0 Å². The van der Waals surface area contributed by atoms with E-state index in [0.717, 1.165) is 0 Å². The van der Waals surface area contributed by atoms with Crippen molar-refractivity contribution in [1.29, 1.82) is 0 Å². The Morgan fingerprint density at radius 3 is 0.800 bits per heavy atom. The molecule has 0 aromatic carbocycles.